The van der Waals surface area contributed by atoms with Crippen LogP contribution in [-0.4, -0.2) is 9.97 Å². The van der Waals surface area contributed by atoms with Crippen LogP contribution in [0.25, 0.3) is 0 Å². The highest BCUT2D eigenvalue weighted by Gasteiger charge is 2.40. The molecule has 1 heterocycles. The van der Waals surface area contributed by atoms with E-state index in [1.165, 1.54) is 12.1 Å². The lowest BCUT2D eigenvalue weighted by atomic mass is 9.71. The third-order valence-electron chi connectivity index (χ3n) is 3.89. The van der Waals surface area contributed by atoms with Gasteiger partial charge in [0.15, 0.2) is 0 Å². The van der Waals surface area contributed by atoms with E-state index in [4.69, 9.17) is 0 Å². The van der Waals surface area contributed by atoms with Crippen molar-refractivity contribution >= 4 is 5.95 Å². The van der Waals surface area contributed by atoms with Crippen molar-refractivity contribution < 1.29 is 13.2 Å². The summed E-state index contributed by atoms with van der Waals surface area (Å²) in [7, 11) is 0. The lowest BCUT2D eigenvalue weighted by molar-refractivity contribution is -0.137. The maximum Gasteiger partial charge on any atom is 0.416 e. The Balaban J connectivity index is 1.86. The van der Waals surface area contributed by atoms with Crippen molar-refractivity contribution in [2.24, 2.45) is 0 Å². The van der Waals surface area contributed by atoms with Crippen LogP contribution in [0.1, 0.15) is 30.4 Å². The second kappa shape index (κ2) is 5.02. The fourth-order valence-corrected chi connectivity index (χ4v) is 2.57. The van der Waals surface area contributed by atoms with Gasteiger partial charge in [-0.15, -0.1) is 0 Å². The van der Waals surface area contributed by atoms with Gasteiger partial charge >= 0.3 is 6.18 Å². The average molecular weight is 293 g/mol. The number of nitrogens with one attached hydrogen (secondary N) is 1. The minimum absolute atomic E-state index is 0.356. The minimum atomic E-state index is -4.30. The van der Waals surface area contributed by atoms with Gasteiger partial charge in [0.2, 0.25) is 5.95 Å². The van der Waals surface area contributed by atoms with Crippen molar-refractivity contribution in [3.8, 4) is 0 Å². The molecule has 0 radical (unpaired) electrons. The molecule has 1 aliphatic carbocycles. The third-order valence-corrected chi connectivity index (χ3v) is 3.89. The summed E-state index contributed by atoms with van der Waals surface area (Å²) in [5.41, 5.74) is -0.142. The lowest BCUT2D eigenvalue weighted by Gasteiger charge is -2.43. The predicted molar refractivity (Wildman–Crippen MR) is 72.6 cm³/mol. The van der Waals surface area contributed by atoms with Gasteiger partial charge in [0.25, 0.3) is 0 Å². The molecule has 0 aliphatic heterocycles. The third kappa shape index (κ3) is 2.70. The van der Waals surface area contributed by atoms with Crippen LogP contribution >= 0.6 is 0 Å². The van der Waals surface area contributed by atoms with Crippen molar-refractivity contribution in [1.29, 1.82) is 0 Å². The predicted octanol–water partition coefficient (Wildman–Crippen LogP) is 3.99. The number of halogens is 3. The molecule has 0 atom stereocenters. The Hall–Kier alpha value is -2.11. The maximum atomic E-state index is 12.6. The van der Waals surface area contributed by atoms with E-state index in [9.17, 15) is 13.2 Å². The monoisotopic (exact) mass is 293 g/mol. The standard InChI is InChI=1S/C15H14F3N3/c16-15(17,18)12-5-3-11(4-6-12)14(7-1-8-14)21-13-19-9-2-10-20-13/h2-6,9-10H,1,7-8H2,(H,19,20,21). The summed E-state index contributed by atoms with van der Waals surface area (Å²) in [6, 6.07) is 7.05. The molecule has 110 valence electrons. The Bertz CT molecular complexity index is 604. The van der Waals surface area contributed by atoms with Crippen LogP contribution in [0.3, 0.4) is 0 Å². The molecule has 0 saturated heterocycles. The first kappa shape index (κ1) is 13.9. The van der Waals surface area contributed by atoms with Gasteiger partial charge in [-0.3, -0.25) is 0 Å². The summed E-state index contributed by atoms with van der Waals surface area (Å²) in [5.74, 6) is 0.497. The first-order chi connectivity index (χ1) is 10.00. The average Bonchev–Trinajstić information content (AvgIpc) is 2.43. The molecule has 1 aromatic heterocycles. The van der Waals surface area contributed by atoms with E-state index in [0.29, 0.717) is 5.95 Å². The molecule has 21 heavy (non-hydrogen) atoms. The van der Waals surface area contributed by atoms with Crippen LogP contribution in [0.4, 0.5) is 19.1 Å². The number of aromatic nitrogens is 2. The van der Waals surface area contributed by atoms with Crippen LogP contribution in [0.5, 0.6) is 0 Å². The summed E-state index contributed by atoms with van der Waals surface area (Å²) in [4.78, 5) is 8.25. The SMILES string of the molecule is FC(F)(F)c1ccc(C2(Nc3ncccn3)CCC2)cc1. The molecule has 2 aromatic rings. The highest BCUT2D eigenvalue weighted by atomic mass is 19.4. The van der Waals surface area contributed by atoms with Crippen molar-refractivity contribution in [3.63, 3.8) is 0 Å². The second-order valence-corrected chi connectivity index (χ2v) is 5.21. The molecule has 1 aliphatic rings. The minimum Gasteiger partial charge on any atom is -0.345 e. The Kier molecular flexibility index (Phi) is 3.31. The largest absolute Gasteiger partial charge is 0.416 e. The Morgan fingerprint density at radius 2 is 1.62 bits per heavy atom. The van der Waals surface area contributed by atoms with E-state index in [2.05, 4.69) is 15.3 Å². The fraction of sp³-hybridized carbons (Fsp3) is 0.333. The van der Waals surface area contributed by atoms with E-state index in [1.54, 1.807) is 18.5 Å². The second-order valence-electron chi connectivity index (χ2n) is 5.21. The highest BCUT2D eigenvalue weighted by Crippen LogP contribution is 2.44. The molecule has 0 spiro atoms. The van der Waals surface area contributed by atoms with Crippen LogP contribution in [0, 0.1) is 0 Å². The van der Waals surface area contributed by atoms with Crippen LogP contribution in [0.2, 0.25) is 0 Å². The molecule has 1 aromatic carbocycles. The zero-order chi connectivity index (χ0) is 14.9. The molecule has 6 heteroatoms. The normalized spacial score (nSPS) is 17.1. The molecular weight excluding hydrogens is 279 g/mol. The lowest BCUT2D eigenvalue weighted by Crippen LogP contribution is -2.42. The summed E-state index contributed by atoms with van der Waals surface area (Å²) in [6.45, 7) is 0. The molecule has 3 nitrogen and oxygen atoms in total. The zero-order valence-electron chi connectivity index (χ0n) is 11.2. The van der Waals surface area contributed by atoms with Crippen molar-refractivity contribution in [2.45, 2.75) is 31.0 Å². The van der Waals surface area contributed by atoms with Gasteiger partial charge in [0.1, 0.15) is 0 Å². The van der Waals surface area contributed by atoms with Gasteiger partial charge in [0.05, 0.1) is 11.1 Å². The van der Waals surface area contributed by atoms with Gasteiger partial charge in [-0.1, -0.05) is 12.1 Å². The Morgan fingerprint density at radius 3 is 2.10 bits per heavy atom. The number of benzene rings is 1. The molecule has 3 rings (SSSR count). The van der Waals surface area contributed by atoms with Gasteiger partial charge in [-0.25, -0.2) is 9.97 Å². The molecule has 0 unspecified atom stereocenters. The van der Waals surface area contributed by atoms with E-state index in [0.717, 1.165) is 37.0 Å². The summed E-state index contributed by atoms with van der Waals surface area (Å²) in [6.07, 6.45) is 1.71. The summed E-state index contributed by atoms with van der Waals surface area (Å²) < 4.78 is 37.9. The quantitative estimate of drug-likeness (QED) is 0.930. The molecule has 1 fully saturated rings. The van der Waals surface area contributed by atoms with Gasteiger partial charge in [0, 0.05) is 12.4 Å². The van der Waals surface area contributed by atoms with Gasteiger partial charge in [-0.2, -0.15) is 13.2 Å². The fourth-order valence-electron chi connectivity index (χ4n) is 2.57. The van der Waals surface area contributed by atoms with Crippen LogP contribution in [-0.2, 0) is 11.7 Å². The summed E-state index contributed by atoms with van der Waals surface area (Å²) >= 11 is 0. The summed E-state index contributed by atoms with van der Waals surface area (Å²) in [5, 5.41) is 3.26. The Labute approximate surface area is 120 Å². The molecule has 0 bridgehead atoms. The number of nitrogens with zero attached hydrogens (tertiary/aromatic N) is 2. The van der Waals surface area contributed by atoms with Gasteiger partial charge < -0.3 is 5.32 Å². The van der Waals surface area contributed by atoms with Crippen LogP contribution in [0.15, 0.2) is 42.7 Å². The first-order valence-electron chi connectivity index (χ1n) is 6.73. The maximum absolute atomic E-state index is 12.6. The molecular formula is C15H14F3N3. The molecule has 1 saturated carbocycles. The molecule has 0 amide bonds. The zero-order valence-corrected chi connectivity index (χ0v) is 11.2. The number of anilines is 1. The van der Waals surface area contributed by atoms with Crippen molar-refractivity contribution in [2.75, 3.05) is 5.32 Å². The highest BCUT2D eigenvalue weighted by molar-refractivity contribution is 5.40. The van der Waals surface area contributed by atoms with E-state index in [-0.39, 0.29) is 5.54 Å². The van der Waals surface area contributed by atoms with Crippen LogP contribution < -0.4 is 5.32 Å². The van der Waals surface area contributed by atoms with E-state index < -0.39 is 11.7 Å². The number of hydrogen-bond acceptors (Lipinski definition) is 3. The smallest absolute Gasteiger partial charge is 0.345 e. The van der Waals surface area contributed by atoms with Gasteiger partial charge in [-0.05, 0) is 43.0 Å². The number of alkyl halides is 3. The Morgan fingerprint density at radius 1 is 1.00 bits per heavy atom. The number of hydrogen-bond donors (Lipinski definition) is 1. The van der Waals surface area contributed by atoms with E-state index in [1.807, 2.05) is 0 Å². The van der Waals surface area contributed by atoms with E-state index >= 15 is 0 Å². The van der Waals surface area contributed by atoms with Crippen molar-refractivity contribution in [1.82, 2.24) is 9.97 Å². The topological polar surface area (TPSA) is 37.8 Å². The number of rotatable bonds is 3. The first-order valence-corrected chi connectivity index (χ1v) is 6.73. The molecule has 1 N–H and O–H groups in total. The van der Waals surface area contributed by atoms with Crippen molar-refractivity contribution in [3.05, 3.63) is 53.9 Å².